The molecule has 0 atom stereocenters. The van der Waals surface area contributed by atoms with Gasteiger partial charge in [-0.1, -0.05) is 17.7 Å². The number of hydrogen-bond acceptors (Lipinski definition) is 10. The molecule has 12 heteroatoms. The monoisotopic (exact) mass is 583 g/mol. The predicted octanol–water partition coefficient (Wildman–Crippen LogP) is 6.35. The zero-order chi connectivity index (χ0) is 29.5. The number of methoxy groups -OCH3 is 3. The first-order valence-corrected chi connectivity index (χ1v) is 13.0. The van der Waals surface area contributed by atoms with Crippen LogP contribution in [0.1, 0.15) is 10.4 Å². The summed E-state index contributed by atoms with van der Waals surface area (Å²) < 4.78 is 16.3. The second-order valence-electron chi connectivity index (χ2n) is 8.74. The van der Waals surface area contributed by atoms with Crippen molar-refractivity contribution in [3.63, 3.8) is 0 Å². The molecule has 0 radical (unpaired) electrons. The largest absolute Gasteiger partial charge is 0.493 e. The van der Waals surface area contributed by atoms with Crippen LogP contribution in [0.15, 0.2) is 85.3 Å². The number of carbonyl (C=O) groups is 1. The summed E-state index contributed by atoms with van der Waals surface area (Å²) in [5, 5.41) is 9.88. The maximum absolute atomic E-state index is 12.9. The van der Waals surface area contributed by atoms with Crippen LogP contribution in [-0.2, 0) is 0 Å². The lowest BCUT2D eigenvalue weighted by atomic mass is 10.1. The second kappa shape index (κ2) is 12.8. The van der Waals surface area contributed by atoms with Gasteiger partial charge in [0.15, 0.2) is 17.3 Å². The zero-order valence-electron chi connectivity index (χ0n) is 22.9. The van der Waals surface area contributed by atoms with Crippen LogP contribution in [0.2, 0.25) is 5.02 Å². The van der Waals surface area contributed by atoms with Crippen molar-refractivity contribution >= 4 is 46.3 Å². The summed E-state index contributed by atoms with van der Waals surface area (Å²) in [6.07, 6.45) is 3.06. The van der Waals surface area contributed by atoms with Gasteiger partial charge in [0.05, 0.1) is 26.9 Å². The lowest BCUT2D eigenvalue weighted by molar-refractivity contribution is 0.102. The van der Waals surface area contributed by atoms with E-state index in [1.165, 1.54) is 13.4 Å². The fraction of sp³-hybridized carbons (Fsp3) is 0.100. The first kappa shape index (κ1) is 28.1. The molecule has 3 aromatic carbocycles. The Bertz CT molecular complexity index is 1690. The minimum absolute atomic E-state index is 0.262. The molecule has 0 fully saturated rings. The third-order valence-electron chi connectivity index (χ3n) is 6.03. The molecule has 2 heterocycles. The van der Waals surface area contributed by atoms with Gasteiger partial charge in [-0.25, -0.2) is 15.0 Å². The number of carbonyl (C=O) groups excluding carboxylic acids is 1. The van der Waals surface area contributed by atoms with Gasteiger partial charge in [0.1, 0.15) is 12.1 Å². The Morgan fingerprint density at radius 1 is 0.762 bits per heavy atom. The SMILES string of the molecule is COc1cc(Nc2ncnc(-c3cccnc3Nc3cccc(C(=O)Nc4ccc(Cl)cc4)c3)n2)cc(OC)c1OC. The van der Waals surface area contributed by atoms with Gasteiger partial charge >= 0.3 is 0 Å². The number of hydrogen-bond donors (Lipinski definition) is 3. The topological polar surface area (TPSA) is 132 Å². The first-order valence-electron chi connectivity index (χ1n) is 12.6. The van der Waals surface area contributed by atoms with Gasteiger partial charge in [-0.15, -0.1) is 0 Å². The van der Waals surface area contributed by atoms with Gasteiger partial charge < -0.3 is 30.2 Å². The summed E-state index contributed by atoms with van der Waals surface area (Å²) >= 11 is 5.94. The maximum atomic E-state index is 12.9. The average molecular weight is 584 g/mol. The van der Waals surface area contributed by atoms with Crippen molar-refractivity contribution in [2.75, 3.05) is 37.3 Å². The Morgan fingerprint density at radius 2 is 1.52 bits per heavy atom. The molecular weight excluding hydrogens is 558 g/mol. The highest BCUT2D eigenvalue weighted by molar-refractivity contribution is 6.30. The molecule has 0 aliphatic carbocycles. The summed E-state index contributed by atoms with van der Waals surface area (Å²) in [6, 6.07) is 21.1. The molecule has 0 bridgehead atoms. The Morgan fingerprint density at radius 3 is 2.24 bits per heavy atom. The zero-order valence-corrected chi connectivity index (χ0v) is 23.6. The summed E-state index contributed by atoms with van der Waals surface area (Å²) in [4.78, 5) is 30.6. The highest BCUT2D eigenvalue weighted by Gasteiger charge is 2.16. The number of nitrogens with zero attached hydrogens (tertiary/aromatic N) is 4. The molecule has 0 aliphatic heterocycles. The van der Waals surface area contributed by atoms with Crippen LogP contribution in [0.5, 0.6) is 17.2 Å². The molecule has 0 aliphatic rings. The van der Waals surface area contributed by atoms with Crippen LogP contribution in [0.4, 0.5) is 28.8 Å². The fourth-order valence-electron chi connectivity index (χ4n) is 4.07. The van der Waals surface area contributed by atoms with Gasteiger partial charge in [-0.2, -0.15) is 4.98 Å². The van der Waals surface area contributed by atoms with Crippen LogP contribution in [0.3, 0.4) is 0 Å². The van der Waals surface area contributed by atoms with E-state index >= 15 is 0 Å². The fourth-order valence-corrected chi connectivity index (χ4v) is 4.19. The summed E-state index contributed by atoms with van der Waals surface area (Å²) in [5.41, 5.74) is 3.01. The molecular formula is C30H26ClN7O4. The molecule has 0 unspecified atom stereocenters. The first-order chi connectivity index (χ1) is 20.5. The number of ether oxygens (including phenoxy) is 3. The van der Waals surface area contributed by atoms with Crippen LogP contribution in [-0.4, -0.2) is 47.2 Å². The highest BCUT2D eigenvalue weighted by Crippen LogP contribution is 2.40. The number of rotatable bonds is 10. The van der Waals surface area contributed by atoms with E-state index in [4.69, 9.17) is 25.8 Å². The van der Waals surface area contributed by atoms with Gasteiger partial charge in [0.2, 0.25) is 11.7 Å². The number of aromatic nitrogens is 4. The molecule has 42 heavy (non-hydrogen) atoms. The number of benzene rings is 3. The number of amides is 1. The molecule has 5 rings (SSSR count). The van der Waals surface area contributed by atoms with E-state index in [1.807, 2.05) is 12.1 Å². The molecule has 3 N–H and O–H groups in total. The number of nitrogens with one attached hydrogen (secondary N) is 3. The van der Waals surface area contributed by atoms with Crippen molar-refractivity contribution in [1.29, 1.82) is 0 Å². The third-order valence-corrected chi connectivity index (χ3v) is 6.28. The van der Waals surface area contributed by atoms with E-state index in [1.54, 1.807) is 81.1 Å². The number of halogens is 1. The van der Waals surface area contributed by atoms with Gasteiger partial charge in [0.25, 0.3) is 5.91 Å². The quantitative estimate of drug-likeness (QED) is 0.171. The molecule has 5 aromatic rings. The maximum Gasteiger partial charge on any atom is 0.255 e. The van der Waals surface area contributed by atoms with E-state index in [2.05, 4.69) is 35.9 Å². The Hall–Kier alpha value is -5.42. The molecule has 0 saturated carbocycles. The summed E-state index contributed by atoms with van der Waals surface area (Å²) in [5.74, 6) is 2.35. The summed E-state index contributed by atoms with van der Waals surface area (Å²) in [6.45, 7) is 0. The molecule has 2 aromatic heterocycles. The van der Waals surface area contributed by atoms with Crippen molar-refractivity contribution in [2.24, 2.45) is 0 Å². The van der Waals surface area contributed by atoms with Crippen molar-refractivity contribution < 1.29 is 19.0 Å². The lowest BCUT2D eigenvalue weighted by Gasteiger charge is -2.15. The van der Waals surface area contributed by atoms with Crippen LogP contribution in [0, 0.1) is 0 Å². The molecule has 0 saturated heterocycles. The third kappa shape index (κ3) is 6.48. The predicted molar refractivity (Wildman–Crippen MR) is 162 cm³/mol. The van der Waals surface area contributed by atoms with E-state index in [0.29, 0.717) is 68.1 Å². The molecule has 1 amide bonds. The molecule has 11 nitrogen and oxygen atoms in total. The van der Waals surface area contributed by atoms with Crippen LogP contribution >= 0.6 is 11.6 Å². The second-order valence-corrected chi connectivity index (χ2v) is 9.17. The Labute approximate surface area is 246 Å². The molecule has 0 spiro atoms. The van der Waals surface area contributed by atoms with E-state index in [-0.39, 0.29) is 5.91 Å². The minimum atomic E-state index is -0.262. The normalized spacial score (nSPS) is 10.5. The number of anilines is 5. The lowest BCUT2D eigenvalue weighted by Crippen LogP contribution is -2.12. The standard InChI is InChI=1S/C30H26ClN7O4/c1-40-24-15-22(16-25(41-2)26(24)42-3)37-30-34-17-33-28(38-30)23-8-5-13-32-27(23)35-21-7-4-6-18(14-21)29(39)36-20-11-9-19(31)10-12-20/h4-17H,1-3H3,(H,32,35)(H,36,39)(H,33,34,37,38). The molecule has 212 valence electrons. The van der Waals surface area contributed by atoms with Gasteiger partial charge in [-0.3, -0.25) is 4.79 Å². The van der Waals surface area contributed by atoms with Crippen LogP contribution < -0.4 is 30.2 Å². The van der Waals surface area contributed by atoms with Crippen molar-refractivity contribution in [3.8, 4) is 28.6 Å². The number of pyridine rings is 1. The van der Waals surface area contributed by atoms with Crippen molar-refractivity contribution in [2.45, 2.75) is 0 Å². The highest BCUT2D eigenvalue weighted by atomic mass is 35.5. The van der Waals surface area contributed by atoms with E-state index < -0.39 is 0 Å². The summed E-state index contributed by atoms with van der Waals surface area (Å²) in [7, 11) is 4.62. The van der Waals surface area contributed by atoms with Crippen molar-refractivity contribution in [1.82, 2.24) is 19.9 Å². The minimum Gasteiger partial charge on any atom is -0.493 e. The van der Waals surface area contributed by atoms with Crippen LogP contribution in [0.25, 0.3) is 11.4 Å². The van der Waals surface area contributed by atoms with E-state index in [9.17, 15) is 4.79 Å². The van der Waals surface area contributed by atoms with Gasteiger partial charge in [0, 0.05) is 46.0 Å². The Balaban J connectivity index is 1.37. The Kier molecular flexibility index (Phi) is 8.59. The van der Waals surface area contributed by atoms with Gasteiger partial charge in [-0.05, 0) is 54.6 Å². The van der Waals surface area contributed by atoms with Crippen molar-refractivity contribution in [3.05, 3.63) is 95.9 Å². The smallest absolute Gasteiger partial charge is 0.255 e. The average Bonchev–Trinajstić information content (AvgIpc) is 3.02. The van der Waals surface area contributed by atoms with E-state index in [0.717, 1.165) is 0 Å².